The SMILES string of the molecule is CCC(CO)NCc1ccc(-c2ccc(OC)c(Cl)c2)o1.[Cl-]. The molecule has 22 heavy (non-hydrogen) atoms. The van der Waals surface area contributed by atoms with Crippen LogP contribution in [-0.4, -0.2) is 24.9 Å². The summed E-state index contributed by atoms with van der Waals surface area (Å²) in [5, 5.41) is 12.9. The molecule has 0 fully saturated rings. The van der Waals surface area contributed by atoms with Gasteiger partial charge in [0.15, 0.2) is 0 Å². The van der Waals surface area contributed by atoms with Crippen LogP contribution in [0.25, 0.3) is 11.3 Å². The molecule has 4 nitrogen and oxygen atoms in total. The van der Waals surface area contributed by atoms with Gasteiger partial charge in [0.05, 0.1) is 25.3 Å². The maximum atomic E-state index is 9.15. The molecule has 1 aromatic heterocycles. The van der Waals surface area contributed by atoms with Crippen molar-refractivity contribution in [2.24, 2.45) is 0 Å². The third kappa shape index (κ3) is 4.65. The van der Waals surface area contributed by atoms with Crippen molar-refractivity contribution in [2.75, 3.05) is 13.7 Å². The van der Waals surface area contributed by atoms with Gasteiger partial charge in [-0.1, -0.05) is 18.5 Å². The molecule has 0 saturated heterocycles. The quantitative estimate of drug-likeness (QED) is 0.766. The van der Waals surface area contributed by atoms with Crippen LogP contribution in [0.2, 0.25) is 5.02 Å². The summed E-state index contributed by atoms with van der Waals surface area (Å²) in [4.78, 5) is 0. The zero-order chi connectivity index (χ0) is 15.2. The Hall–Kier alpha value is -1.20. The second kappa shape index (κ2) is 9.06. The summed E-state index contributed by atoms with van der Waals surface area (Å²) >= 11 is 6.12. The van der Waals surface area contributed by atoms with Crippen LogP contribution < -0.4 is 22.5 Å². The van der Waals surface area contributed by atoms with E-state index in [0.29, 0.717) is 17.3 Å². The van der Waals surface area contributed by atoms with Gasteiger partial charge in [-0.15, -0.1) is 0 Å². The zero-order valence-electron chi connectivity index (χ0n) is 12.6. The average Bonchev–Trinajstić information content (AvgIpc) is 2.97. The second-order valence-corrected chi connectivity index (χ2v) is 5.19. The van der Waals surface area contributed by atoms with E-state index in [1.54, 1.807) is 7.11 Å². The third-order valence-electron chi connectivity index (χ3n) is 3.38. The van der Waals surface area contributed by atoms with Crippen LogP contribution in [0.5, 0.6) is 5.75 Å². The topological polar surface area (TPSA) is 54.6 Å². The van der Waals surface area contributed by atoms with Crippen molar-refractivity contribution in [3.05, 3.63) is 41.1 Å². The van der Waals surface area contributed by atoms with Crippen molar-refractivity contribution >= 4 is 11.6 Å². The molecule has 0 aliphatic heterocycles. The van der Waals surface area contributed by atoms with E-state index in [-0.39, 0.29) is 25.1 Å². The van der Waals surface area contributed by atoms with E-state index in [0.717, 1.165) is 23.5 Å². The van der Waals surface area contributed by atoms with Gasteiger partial charge in [-0.2, -0.15) is 0 Å². The summed E-state index contributed by atoms with van der Waals surface area (Å²) in [7, 11) is 1.59. The number of hydrogen-bond acceptors (Lipinski definition) is 4. The molecule has 0 amide bonds. The highest BCUT2D eigenvalue weighted by molar-refractivity contribution is 6.32. The van der Waals surface area contributed by atoms with Crippen molar-refractivity contribution in [3.63, 3.8) is 0 Å². The molecule has 2 N–H and O–H groups in total. The van der Waals surface area contributed by atoms with Gasteiger partial charge in [0.1, 0.15) is 17.3 Å². The number of aliphatic hydroxyl groups excluding tert-OH is 1. The number of furan rings is 1. The van der Waals surface area contributed by atoms with Gasteiger partial charge in [-0.25, -0.2) is 0 Å². The zero-order valence-corrected chi connectivity index (χ0v) is 14.1. The standard InChI is InChI=1S/C16H20ClNO3.ClH/c1-3-12(10-19)18-9-13-5-7-15(21-13)11-4-6-16(20-2)14(17)8-11;/h4-8,12,18-19H,3,9-10H2,1-2H3;1H/p-1. The van der Waals surface area contributed by atoms with Crippen LogP contribution in [0.4, 0.5) is 0 Å². The number of rotatable bonds is 7. The van der Waals surface area contributed by atoms with E-state index in [1.807, 2.05) is 37.3 Å². The molecule has 122 valence electrons. The fourth-order valence-electron chi connectivity index (χ4n) is 2.03. The Morgan fingerprint density at radius 2 is 2.09 bits per heavy atom. The first-order valence-electron chi connectivity index (χ1n) is 6.94. The first kappa shape index (κ1) is 18.8. The molecule has 0 spiro atoms. The molecule has 1 atom stereocenters. The number of methoxy groups -OCH3 is 1. The Morgan fingerprint density at radius 1 is 1.32 bits per heavy atom. The Kier molecular flexibility index (Phi) is 7.76. The summed E-state index contributed by atoms with van der Waals surface area (Å²) < 4.78 is 10.9. The van der Waals surface area contributed by atoms with Gasteiger partial charge in [0.2, 0.25) is 0 Å². The Bertz CT molecular complexity index is 583. The minimum atomic E-state index is 0. The van der Waals surface area contributed by atoms with E-state index in [1.165, 1.54) is 0 Å². The fourth-order valence-corrected chi connectivity index (χ4v) is 2.29. The summed E-state index contributed by atoms with van der Waals surface area (Å²) in [5.41, 5.74) is 0.904. The van der Waals surface area contributed by atoms with Crippen molar-refractivity contribution < 1.29 is 26.7 Å². The number of halogens is 2. The van der Waals surface area contributed by atoms with Crippen LogP contribution >= 0.6 is 11.6 Å². The predicted octanol–water partition coefficient (Wildman–Crippen LogP) is 0.473. The molecule has 0 aliphatic rings. The van der Waals surface area contributed by atoms with Gasteiger partial charge >= 0.3 is 0 Å². The van der Waals surface area contributed by atoms with E-state index < -0.39 is 0 Å². The van der Waals surface area contributed by atoms with Gasteiger partial charge in [-0.3, -0.25) is 0 Å². The largest absolute Gasteiger partial charge is 1.00 e. The van der Waals surface area contributed by atoms with Crippen LogP contribution in [-0.2, 0) is 6.54 Å². The molecular weight excluding hydrogens is 325 g/mol. The number of nitrogens with one attached hydrogen (secondary N) is 1. The molecular formula is C16H20Cl2NO3-. The molecule has 1 aromatic carbocycles. The lowest BCUT2D eigenvalue weighted by Crippen LogP contribution is -3.00. The monoisotopic (exact) mass is 344 g/mol. The lowest BCUT2D eigenvalue weighted by atomic mass is 10.2. The highest BCUT2D eigenvalue weighted by Crippen LogP contribution is 2.31. The van der Waals surface area contributed by atoms with E-state index in [4.69, 9.17) is 25.9 Å². The molecule has 0 bridgehead atoms. The van der Waals surface area contributed by atoms with Crippen molar-refractivity contribution in [2.45, 2.75) is 25.9 Å². The second-order valence-electron chi connectivity index (χ2n) is 4.78. The molecule has 6 heteroatoms. The van der Waals surface area contributed by atoms with E-state index in [9.17, 15) is 0 Å². The number of aliphatic hydroxyl groups is 1. The lowest BCUT2D eigenvalue weighted by Gasteiger charge is -2.12. The lowest BCUT2D eigenvalue weighted by molar-refractivity contribution is -0.00000614. The summed E-state index contributed by atoms with van der Waals surface area (Å²) in [6.07, 6.45) is 0.873. The van der Waals surface area contributed by atoms with Gasteiger partial charge in [0, 0.05) is 11.6 Å². The molecule has 1 heterocycles. The Labute approximate surface area is 141 Å². The first-order valence-corrected chi connectivity index (χ1v) is 7.32. The minimum Gasteiger partial charge on any atom is -1.00 e. The average molecular weight is 345 g/mol. The molecule has 0 aliphatic carbocycles. The maximum Gasteiger partial charge on any atom is 0.137 e. The fraction of sp³-hybridized carbons (Fsp3) is 0.375. The summed E-state index contributed by atoms with van der Waals surface area (Å²) in [6.45, 7) is 2.74. The number of hydrogen-bond donors (Lipinski definition) is 2. The van der Waals surface area contributed by atoms with Gasteiger partial charge < -0.3 is 32.0 Å². The van der Waals surface area contributed by atoms with Gasteiger partial charge in [-0.05, 0) is 36.8 Å². The molecule has 0 radical (unpaired) electrons. The van der Waals surface area contributed by atoms with Crippen LogP contribution in [0.1, 0.15) is 19.1 Å². The number of benzene rings is 1. The normalized spacial score (nSPS) is 11.8. The van der Waals surface area contributed by atoms with E-state index in [2.05, 4.69) is 5.32 Å². The van der Waals surface area contributed by atoms with Crippen molar-refractivity contribution in [3.8, 4) is 17.1 Å². The molecule has 2 aromatic rings. The molecule has 2 rings (SSSR count). The summed E-state index contributed by atoms with van der Waals surface area (Å²) in [5.74, 6) is 2.22. The molecule has 1 unspecified atom stereocenters. The van der Waals surface area contributed by atoms with Crippen LogP contribution in [0.15, 0.2) is 34.7 Å². The van der Waals surface area contributed by atoms with Gasteiger partial charge in [0.25, 0.3) is 0 Å². The predicted molar refractivity (Wildman–Crippen MR) is 83.7 cm³/mol. The Balaban J connectivity index is 0.00000242. The highest BCUT2D eigenvalue weighted by atomic mass is 35.5. The number of ether oxygens (including phenoxy) is 1. The van der Waals surface area contributed by atoms with E-state index >= 15 is 0 Å². The minimum absolute atomic E-state index is 0. The molecule has 0 saturated carbocycles. The highest BCUT2D eigenvalue weighted by Gasteiger charge is 2.09. The Morgan fingerprint density at radius 3 is 2.68 bits per heavy atom. The van der Waals surface area contributed by atoms with Crippen molar-refractivity contribution in [1.82, 2.24) is 5.32 Å². The van der Waals surface area contributed by atoms with Crippen LogP contribution in [0, 0.1) is 0 Å². The third-order valence-corrected chi connectivity index (χ3v) is 3.67. The van der Waals surface area contributed by atoms with Crippen LogP contribution in [0.3, 0.4) is 0 Å². The smallest absolute Gasteiger partial charge is 0.137 e. The maximum absolute atomic E-state index is 9.15. The summed E-state index contributed by atoms with van der Waals surface area (Å²) in [6, 6.07) is 9.47. The van der Waals surface area contributed by atoms with Crippen molar-refractivity contribution in [1.29, 1.82) is 0 Å². The first-order chi connectivity index (χ1) is 10.2.